The molecule has 1 aromatic carbocycles. The van der Waals surface area contributed by atoms with E-state index in [9.17, 15) is 4.79 Å². The number of benzene rings is 1. The van der Waals surface area contributed by atoms with Gasteiger partial charge >= 0.3 is 5.91 Å². The van der Waals surface area contributed by atoms with E-state index in [1.54, 1.807) is 12.1 Å². The molecule has 37 heavy (non-hydrogen) atoms. The van der Waals surface area contributed by atoms with Gasteiger partial charge in [0.05, 0.1) is 6.21 Å². The molecule has 8 nitrogen and oxygen atoms in total. The van der Waals surface area contributed by atoms with Crippen molar-refractivity contribution in [2.24, 2.45) is 5.10 Å². The highest BCUT2D eigenvalue weighted by Crippen LogP contribution is 2.22. The summed E-state index contributed by atoms with van der Waals surface area (Å²) in [5, 5.41) is 4.01. The highest BCUT2D eigenvalue weighted by molar-refractivity contribution is 5.92. The zero-order chi connectivity index (χ0) is 25.6. The topological polar surface area (TPSA) is 85.1 Å². The predicted octanol–water partition coefficient (Wildman–Crippen LogP) is 6.00. The van der Waals surface area contributed by atoms with Gasteiger partial charge in [0.1, 0.15) is 23.9 Å². The van der Waals surface area contributed by atoms with E-state index in [2.05, 4.69) is 46.0 Å². The summed E-state index contributed by atoms with van der Waals surface area (Å²) in [5.74, 6) is 2.41. The number of nitrogens with one attached hydrogen (secondary N) is 1. The van der Waals surface area contributed by atoms with E-state index in [1.165, 1.54) is 43.3 Å². The van der Waals surface area contributed by atoms with E-state index < -0.39 is 5.91 Å². The van der Waals surface area contributed by atoms with Crippen LogP contribution in [0.2, 0.25) is 0 Å². The van der Waals surface area contributed by atoms with Crippen molar-refractivity contribution in [3.63, 3.8) is 0 Å². The number of aryl methyl sites for hydroxylation is 2. The van der Waals surface area contributed by atoms with Crippen molar-refractivity contribution in [1.29, 1.82) is 0 Å². The molecule has 192 valence electrons. The van der Waals surface area contributed by atoms with Gasteiger partial charge in [-0.1, -0.05) is 12.8 Å². The summed E-state index contributed by atoms with van der Waals surface area (Å²) in [4.78, 5) is 14.7. The van der Waals surface area contributed by atoms with E-state index in [-0.39, 0.29) is 12.4 Å². The van der Waals surface area contributed by atoms with Crippen LogP contribution in [-0.4, -0.2) is 29.8 Å². The second-order valence-electron chi connectivity index (χ2n) is 9.28. The molecule has 4 aromatic rings. The molecule has 1 aliphatic heterocycles. The highest BCUT2D eigenvalue weighted by atomic mass is 16.5. The molecule has 0 aliphatic carbocycles. The van der Waals surface area contributed by atoms with Gasteiger partial charge in [0.15, 0.2) is 11.6 Å². The van der Waals surface area contributed by atoms with Gasteiger partial charge in [0.2, 0.25) is 0 Å². The molecule has 1 N–H and O–H groups in total. The van der Waals surface area contributed by atoms with Crippen molar-refractivity contribution < 1.29 is 18.4 Å². The van der Waals surface area contributed by atoms with Crippen LogP contribution < -0.4 is 15.1 Å². The van der Waals surface area contributed by atoms with Gasteiger partial charge in [-0.3, -0.25) is 4.79 Å². The third-order valence-corrected chi connectivity index (χ3v) is 6.52. The van der Waals surface area contributed by atoms with Crippen LogP contribution in [0.3, 0.4) is 0 Å². The molecule has 5 rings (SSSR count). The monoisotopic (exact) mass is 500 g/mol. The van der Waals surface area contributed by atoms with Gasteiger partial charge in [0.25, 0.3) is 0 Å². The average molecular weight is 501 g/mol. The number of carbonyl (C=O) groups excluding carboxylic acids is 1. The van der Waals surface area contributed by atoms with Crippen LogP contribution in [0.25, 0.3) is 5.69 Å². The van der Waals surface area contributed by atoms with Crippen LogP contribution in [0.1, 0.15) is 59.1 Å². The van der Waals surface area contributed by atoms with Crippen LogP contribution in [-0.2, 0) is 6.61 Å². The van der Waals surface area contributed by atoms with Crippen LogP contribution >= 0.6 is 0 Å². The van der Waals surface area contributed by atoms with Crippen molar-refractivity contribution in [1.82, 2.24) is 9.99 Å². The van der Waals surface area contributed by atoms with E-state index in [4.69, 9.17) is 13.6 Å². The standard InChI is InChI=1S/C29H32N4O4/c1-21-7-8-22(2)33(21)23-9-11-24(12-10-23)35-20-26-13-15-27(36-26)29(34)31-30-19-25-14-16-28(37-25)32-17-5-3-4-6-18-32/h7-16,19H,3-6,17-18,20H2,1-2H3,(H,31,34)/b30-19+. The molecule has 0 saturated carbocycles. The van der Waals surface area contributed by atoms with Crippen molar-refractivity contribution >= 4 is 18.0 Å². The summed E-state index contributed by atoms with van der Waals surface area (Å²) < 4.78 is 19.5. The molecular formula is C29H32N4O4. The smallest absolute Gasteiger partial charge is 0.307 e. The zero-order valence-corrected chi connectivity index (χ0v) is 21.3. The van der Waals surface area contributed by atoms with Gasteiger partial charge in [-0.2, -0.15) is 5.10 Å². The van der Waals surface area contributed by atoms with Crippen molar-refractivity contribution in [3.05, 3.63) is 89.3 Å². The Morgan fingerprint density at radius 2 is 1.65 bits per heavy atom. The van der Waals surface area contributed by atoms with Gasteiger partial charge < -0.3 is 23.0 Å². The molecule has 1 amide bonds. The zero-order valence-electron chi connectivity index (χ0n) is 21.3. The van der Waals surface area contributed by atoms with Crippen LogP contribution in [0, 0.1) is 13.8 Å². The summed E-state index contributed by atoms with van der Waals surface area (Å²) in [6.07, 6.45) is 6.37. The number of ether oxygens (including phenoxy) is 1. The normalized spacial score (nSPS) is 14.2. The number of carbonyl (C=O) groups is 1. The predicted molar refractivity (Wildman–Crippen MR) is 143 cm³/mol. The maximum absolute atomic E-state index is 12.4. The first-order valence-corrected chi connectivity index (χ1v) is 12.7. The number of hydrogen-bond donors (Lipinski definition) is 1. The number of rotatable bonds is 8. The van der Waals surface area contributed by atoms with Crippen LogP contribution in [0.15, 0.2) is 74.6 Å². The third-order valence-electron chi connectivity index (χ3n) is 6.52. The van der Waals surface area contributed by atoms with Crippen molar-refractivity contribution in [3.8, 4) is 11.4 Å². The number of anilines is 1. The third kappa shape index (κ3) is 5.97. The second kappa shape index (κ2) is 11.2. The highest BCUT2D eigenvalue weighted by Gasteiger charge is 2.14. The molecule has 0 spiro atoms. The fraction of sp³-hybridized carbons (Fsp3) is 0.310. The van der Waals surface area contributed by atoms with Gasteiger partial charge in [-0.05, 0) is 81.3 Å². The Labute approximate surface area is 216 Å². The summed E-state index contributed by atoms with van der Waals surface area (Å²) in [5.41, 5.74) is 5.92. The minimum absolute atomic E-state index is 0.161. The summed E-state index contributed by atoms with van der Waals surface area (Å²) >= 11 is 0. The summed E-state index contributed by atoms with van der Waals surface area (Å²) in [7, 11) is 0. The Morgan fingerprint density at radius 3 is 2.38 bits per heavy atom. The molecule has 8 heteroatoms. The second-order valence-corrected chi connectivity index (χ2v) is 9.28. The Hall–Kier alpha value is -4.20. The average Bonchev–Trinajstić information content (AvgIpc) is 3.59. The molecule has 4 heterocycles. The van der Waals surface area contributed by atoms with E-state index in [0.29, 0.717) is 11.5 Å². The molecule has 1 saturated heterocycles. The molecule has 3 aromatic heterocycles. The van der Waals surface area contributed by atoms with Gasteiger partial charge in [-0.25, -0.2) is 5.43 Å². The first kappa shape index (κ1) is 24.5. The summed E-state index contributed by atoms with van der Waals surface area (Å²) in [6.45, 7) is 6.38. The van der Waals surface area contributed by atoms with E-state index >= 15 is 0 Å². The minimum Gasteiger partial charge on any atom is -0.486 e. The van der Waals surface area contributed by atoms with Gasteiger partial charge in [0, 0.05) is 36.2 Å². The Morgan fingerprint density at radius 1 is 0.919 bits per heavy atom. The summed E-state index contributed by atoms with van der Waals surface area (Å²) in [6, 6.07) is 19.2. The van der Waals surface area contributed by atoms with Crippen molar-refractivity contribution in [2.75, 3.05) is 18.0 Å². The number of aromatic nitrogens is 1. The molecular weight excluding hydrogens is 468 g/mol. The maximum Gasteiger partial charge on any atom is 0.307 e. The Balaban J connectivity index is 1.11. The first-order chi connectivity index (χ1) is 18.1. The lowest BCUT2D eigenvalue weighted by Crippen LogP contribution is -2.23. The van der Waals surface area contributed by atoms with E-state index in [1.807, 2.05) is 36.4 Å². The SMILES string of the molecule is Cc1ccc(C)n1-c1ccc(OCc2ccc(C(=O)N/N=C/c3ccc(N4CCCCCC4)o3)o2)cc1. The Bertz CT molecular complexity index is 1340. The number of hydrogen-bond acceptors (Lipinski definition) is 6. The van der Waals surface area contributed by atoms with E-state index in [0.717, 1.165) is 30.4 Å². The number of hydrazone groups is 1. The van der Waals surface area contributed by atoms with Crippen LogP contribution in [0.5, 0.6) is 5.75 Å². The lowest BCUT2D eigenvalue weighted by atomic mass is 10.2. The lowest BCUT2D eigenvalue weighted by Gasteiger charge is -2.18. The number of amides is 1. The minimum atomic E-state index is -0.441. The fourth-order valence-corrected chi connectivity index (χ4v) is 4.58. The molecule has 0 atom stereocenters. The molecule has 0 radical (unpaired) electrons. The molecule has 0 bridgehead atoms. The maximum atomic E-state index is 12.4. The Kier molecular flexibility index (Phi) is 7.44. The fourth-order valence-electron chi connectivity index (χ4n) is 4.58. The van der Waals surface area contributed by atoms with Crippen molar-refractivity contribution in [2.45, 2.75) is 46.1 Å². The quantitative estimate of drug-likeness (QED) is 0.237. The number of furan rings is 2. The molecule has 1 aliphatic rings. The molecule has 1 fully saturated rings. The van der Waals surface area contributed by atoms with Gasteiger partial charge in [-0.15, -0.1) is 0 Å². The largest absolute Gasteiger partial charge is 0.486 e. The number of nitrogens with zero attached hydrogens (tertiary/aromatic N) is 3. The lowest BCUT2D eigenvalue weighted by molar-refractivity contribution is 0.0923. The molecule has 0 unspecified atom stereocenters. The van der Waals surface area contributed by atoms with Crippen LogP contribution in [0.4, 0.5) is 5.88 Å². The first-order valence-electron chi connectivity index (χ1n) is 12.7.